The molecule has 0 amide bonds. The van der Waals surface area contributed by atoms with Crippen LogP contribution in [-0.2, 0) is 115 Å². The van der Waals surface area contributed by atoms with Crippen LogP contribution in [0.5, 0.6) is 0 Å². The van der Waals surface area contributed by atoms with Gasteiger partial charge in [-0.2, -0.15) is 36.8 Å². The van der Waals surface area contributed by atoms with Crippen molar-refractivity contribution in [3.05, 3.63) is 312 Å². The van der Waals surface area contributed by atoms with Gasteiger partial charge in [-0.15, -0.1) is 54.1 Å². The molecular weight excluding hydrogens is 2610 g/mol. The maximum Gasteiger partial charge on any atom is 0.181 e. The molecular formula is C100H85Ir5N26O3S-5. The van der Waals surface area contributed by atoms with Crippen LogP contribution in [0.15, 0.2) is 227 Å². The van der Waals surface area contributed by atoms with E-state index in [0.29, 0.717) is 115 Å². The predicted octanol–water partition coefficient (Wildman–Crippen LogP) is 20.4. The monoisotopic (exact) mass is 2690 g/mol. The number of oxazole rings is 3. The first-order chi connectivity index (χ1) is 63.0. The Balaban J connectivity index is 0.000000144. The Morgan fingerprint density at radius 3 is 1.43 bits per heavy atom. The largest absolute Gasteiger partial charge is 0.501 e. The van der Waals surface area contributed by atoms with Crippen molar-refractivity contribution in [1.29, 1.82) is 0 Å². The fourth-order valence-electron chi connectivity index (χ4n) is 15.7. The van der Waals surface area contributed by atoms with Crippen LogP contribution in [-0.4, -0.2) is 128 Å². The van der Waals surface area contributed by atoms with Crippen molar-refractivity contribution in [3.63, 3.8) is 0 Å². The molecule has 0 aliphatic rings. The van der Waals surface area contributed by atoms with Gasteiger partial charge >= 0.3 is 0 Å². The van der Waals surface area contributed by atoms with E-state index in [1.54, 1.807) is 62.3 Å². The molecule has 22 rings (SSSR count). The minimum absolute atomic E-state index is 0. The standard InChI is InChI=1S/C27H20N7.C23H18N5O.C23H25N4S.C17H14N5O.C10H8N5O.5Ir/c1-18-31-25-27(33(18)2)32-23(16-28-25)26-29-17-30-34(26)24-21(19-10-5-3-6-11-19)14-9-15-22(24)20-12-7-4-8-13-20;1-14-11-18(17-7-5-4-6-8-17)12-15(2)21(14)28-23(24-13-25-28)19-9-10-20-22(27-19)26-16(3)29-20;1-13(2)18-8-7-9-19(14(3)4)22(18)27-23(24-15(5)26-27)17-10-11-21-20(12-17)25-16(6)28-21;1-10-5-4-6-11(2)15(10)22-16(19-9-20-22)13-7-14-17(18-8-13)23-12(3)21-14;1-6-13-9-8(16-6)4-3-7(14-9)10-11-5-12-15(10)2;;;;;/h3-15,17H,1-2H3;4-8,10-13H,1-3H3;7-9,11-14H,1-6H3;4-7,9H,1-3H3;4-5H,1-2H3;;;;;/q5*-1;;;;;. The van der Waals surface area contributed by atoms with Crippen LogP contribution in [0.25, 0.3) is 169 Å². The van der Waals surface area contributed by atoms with Gasteiger partial charge in [0.05, 0.1) is 79.5 Å². The first-order valence-corrected chi connectivity index (χ1v) is 42.8. The zero-order valence-corrected chi connectivity index (χ0v) is 88.6. The van der Waals surface area contributed by atoms with Crippen molar-refractivity contribution >= 4 is 66.5 Å². The van der Waals surface area contributed by atoms with E-state index in [-0.39, 0.29) is 101 Å². The molecule has 29 nitrogen and oxygen atoms in total. The first kappa shape index (κ1) is 99.5. The van der Waals surface area contributed by atoms with E-state index in [9.17, 15) is 0 Å². The van der Waals surface area contributed by atoms with Crippen molar-refractivity contribution in [2.75, 3.05) is 0 Å². The third-order valence-corrected chi connectivity index (χ3v) is 22.6. The summed E-state index contributed by atoms with van der Waals surface area (Å²) in [7, 11) is 3.72. The Hall–Kier alpha value is -13.0. The number of pyridine rings is 3. The number of imidazole rings is 1. The van der Waals surface area contributed by atoms with Gasteiger partial charge in [0.15, 0.2) is 23.4 Å². The normalized spacial score (nSPS) is 10.9. The molecule has 5 radical (unpaired) electrons. The molecule has 0 aliphatic heterocycles. The van der Waals surface area contributed by atoms with E-state index in [0.717, 1.165) is 111 Å². The molecule has 0 fully saturated rings. The molecule has 0 saturated carbocycles. The quantitative estimate of drug-likeness (QED) is 0.0913. The molecule has 135 heavy (non-hydrogen) atoms. The minimum atomic E-state index is 0. The number of benzene rings is 8. The van der Waals surface area contributed by atoms with Crippen LogP contribution in [0.1, 0.15) is 107 Å². The Bertz CT molecular complexity index is 7780. The fraction of sp³-hybridized carbons (Fsp3) is 0.180. The summed E-state index contributed by atoms with van der Waals surface area (Å²) in [5.41, 5.74) is 26.8. The number of aromatic nitrogens is 26. The molecule has 8 aromatic carbocycles. The molecule has 22 aromatic rings. The molecule has 14 aromatic heterocycles. The van der Waals surface area contributed by atoms with Gasteiger partial charge in [-0.1, -0.05) is 179 Å². The third-order valence-electron chi connectivity index (χ3n) is 21.7. The fourth-order valence-corrected chi connectivity index (χ4v) is 16.4. The number of fused-ring (bicyclic) bond motifs is 5. The molecule has 0 aliphatic carbocycles. The van der Waals surface area contributed by atoms with Gasteiger partial charge in [0.2, 0.25) is 0 Å². The summed E-state index contributed by atoms with van der Waals surface area (Å²) in [6.07, 6.45) is 12.1. The van der Waals surface area contributed by atoms with Gasteiger partial charge in [-0.25, -0.2) is 15.0 Å². The van der Waals surface area contributed by atoms with Gasteiger partial charge in [-0.05, 0) is 162 Å². The van der Waals surface area contributed by atoms with Crippen molar-refractivity contribution in [3.8, 4) is 113 Å². The maximum absolute atomic E-state index is 5.50. The van der Waals surface area contributed by atoms with E-state index in [1.165, 1.54) is 41.2 Å². The summed E-state index contributed by atoms with van der Waals surface area (Å²) in [5.74, 6) is 7.44. The Labute approximate surface area is 849 Å². The van der Waals surface area contributed by atoms with Crippen molar-refractivity contribution in [2.45, 2.75) is 109 Å². The molecule has 0 bridgehead atoms. The van der Waals surface area contributed by atoms with Crippen LogP contribution in [0.4, 0.5) is 0 Å². The van der Waals surface area contributed by atoms with Crippen molar-refractivity contribution in [2.24, 2.45) is 14.1 Å². The predicted molar refractivity (Wildman–Crippen MR) is 499 cm³/mol. The Morgan fingerprint density at radius 2 is 0.859 bits per heavy atom. The van der Waals surface area contributed by atoms with Crippen LogP contribution in [0.3, 0.4) is 0 Å². The number of hydrogen-bond donors (Lipinski definition) is 0. The zero-order chi connectivity index (χ0) is 90.1. The van der Waals surface area contributed by atoms with Gasteiger partial charge < -0.3 is 27.8 Å². The number of nitrogens with zero attached hydrogens (tertiary/aromatic N) is 26. The van der Waals surface area contributed by atoms with Gasteiger partial charge in [0.25, 0.3) is 0 Å². The molecule has 0 N–H and O–H groups in total. The second-order valence-electron chi connectivity index (χ2n) is 31.6. The molecule has 0 atom stereocenters. The first-order valence-electron chi connectivity index (χ1n) is 42.0. The van der Waals surface area contributed by atoms with E-state index in [1.807, 2.05) is 124 Å². The second kappa shape index (κ2) is 43.1. The molecule has 689 valence electrons. The third kappa shape index (κ3) is 21.0. The number of hydrogen-bond acceptors (Lipinski definition) is 24. The summed E-state index contributed by atoms with van der Waals surface area (Å²) in [4.78, 5) is 66.4. The van der Waals surface area contributed by atoms with E-state index < -0.39 is 0 Å². The number of aryl methyl sites for hydroxylation is 12. The van der Waals surface area contributed by atoms with E-state index in [2.05, 4.69) is 274 Å². The Kier molecular flexibility index (Phi) is 31.8. The van der Waals surface area contributed by atoms with Crippen LogP contribution in [0.2, 0.25) is 0 Å². The molecule has 0 spiro atoms. The summed E-state index contributed by atoms with van der Waals surface area (Å²) in [5, 5.41) is 23.3. The van der Waals surface area contributed by atoms with Gasteiger partial charge in [0.1, 0.15) is 48.1 Å². The molecule has 0 saturated heterocycles. The van der Waals surface area contributed by atoms with Crippen LogP contribution in [0, 0.1) is 99.8 Å². The number of rotatable bonds is 14. The number of para-hydroxylation sites is 3. The maximum atomic E-state index is 5.50. The Morgan fingerprint density at radius 1 is 0.363 bits per heavy atom. The molecule has 35 heteroatoms. The molecule has 14 heterocycles. The summed E-state index contributed by atoms with van der Waals surface area (Å²) < 4.78 is 28.4. The van der Waals surface area contributed by atoms with Gasteiger partial charge in [0, 0.05) is 158 Å². The average Bonchev–Trinajstić information content (AvgIpc) is 1.61. The smallest absolute Gasteiger partial charge is 0.181 e. The van der Waals surface area contributed by atoms with E-state index in [4.69, 9.17) is 28.3 Å². The van der Waals surface area contributed by atoms with Gasteiger partial charge in [-0.3, -0.25) is 73.2 Å². The summed E-state index contributed by atoms with van der Waals surface area (Å²) in [6, 6.07) is 73.2. The summed E-state index contributed by atoms with van der Waals surface area (Å²) >= 11 is 1.69. The van der Waals surface area contributed by atoms with Crippen molar-refractivity contribution in [1.82, 2.24) is 128 Å². The van der Waals surface area contributed by atoms with E-state index >= 15 is 0 Å². The average molecular weight is 2690 g/mol. The SMILES string of the molecule is Cc1nc(-c2[c-]cc3sc(C)nc3c2)n(-c2c(C(C)C)cccc2C(C)C)n1.Cc1nc2cc(-c3ncnn3-c3c(C)cccc3C)[c-]nc2o1.Cc1nc2n[c-]c(-c3ncnn3-c3c(-c4ccccc4)cccc3-c3ccccc3)nc2n1C.Cc1nc2nc(-c3ncnn3-c3c(C)cc(-c4ccccc4)cc3C)[c-]cc2o1.Cc1nc2nc(-c3ncnn3C)[c-]cc2o1.[Ir].[Ir].[Ir].[Ir].[Ir]. The second-order valence-corrected chi connectivity index (χ2v) is 32.8. The van der Waals surface area contributed by atoms with Crippen LogP contribution < -0.4 is 0 Å². The molecule has 0 unspecified atom stereocenters. The number of thiazole rings is 1. The topological polar surface area (TPSA) is 327 Å². The minimum Gasteiger partial charge on any atom is -0.501 e. The summed E-state index contributed by atoms with van der Waals surface area (Å²) in [6.45, 7) is 28.5. The zero-order valence-electron chi connectivity index (χ0n) is 75.8. The van der Waals surface area contributed by atoms with Crippen molar-refractivity contribution < 1.29 is 114 Å². The van der Waals surface area contributed by atoms with Crippen LogP contribution >= 0.6 is 11.3 Å².